The topological polar surface area (TPSA) is 26.3 Å². The number of carbonyl (C=O) groups is 1. The Kier molecular flexibility index (Phi) is 1.73. The van der Waals surface area contributed by atoms with Gasteiger partial charge >= 0.3 is 5.97 Å². The lowest BCUT2D eigenvalue weighted by atomic mass is 9.65. The zero-order valence-corrected chi connectivity index (χ0v) is 8.72. The van der Waals surface area contributed by atoms with Gasteiger partial charge in [0.2, 0.25) is 0 Å². The van der Waals surface area contributed by atoms with Crippen molar-refractivity contribution < 1.29 is 9.53 Å². The van der Waals surface area contributed by atoms with Crippen molar-refractivity contribution >= 4 is 5.97 Å². The maximum atomic E-state index is 11.2. The fraction of sp³-hybridized carbons (Fsp3) is 0.909. The summed E-state index contributed by atoms with van der Waals surface area (Å²) in [5.41, 5.74) is 0.189. The lowest BCUT2D eigenvalue weighted by Gasteiger charge is -2.42. The highest BCUT2D eigenvalue weighted by Crippen LogP contribution is 2.50. The zero-order valence-electron chi connectivity index (χ0n) is 8.72. The fourth-order valence-corrected chi connectivity index (χ4v) is 2.99. The molecule has 0 bridgehead atoms. The van der Waals surface area contributed by atoms with Crippen LogP contribution in [0, 0.1) is 11.3 Å². The van der Waals surface area contributed by atoms with E-state index >= 15 is 0 Å². The first-order chi connectivity index (χ1) is 5.91. The van der Waals surface area contributed by atoms with E-state index in [-0.39, 0.29) is 11.6 Å². The number of hydrogen-bond donors (Lipinski definition) is 0. The Balaban J connectivity index is 2.20. The van der Waals surface area contributed by atoms with Gasteiger partial charge in [-0.15, -0.1) is 0 Å². The highest BCUT2D eigenvalue weighted by Gasteiger charge is 2.51. The predicted molar refractivity (Wildman–Crippen MR) is 50.2 cm³/mol. The van der Waals surface area contributed by atoms with Crippen LogP contribution in [0.5, 0.6) is 0 Å². The standard InChI is InChI=1S/C11H18O2/c1-10(2)5-4-8-6-9(12)13-11(8,3)7-10/h8H,4-7H2,1-3H3/t8-,11-/m1/s1. The minimum atomic E-state index is -0.154. The summed E-state index contributed by atoms with van der Waals surface area (Å²) in [6.07, 6.45) is 4.04. The molecule has 0 unspecified atom stereocenters. The number of esters is 1. The average Bonchev–Trinajstić information content (AvgIpc) is 2.20. The van der Waals surface area contributed by atoms with Crippen LogP contribution in [-0.4, -0.2) is 11.6 Å². The molecule has 74 valence electrons. The molecule has 2 aliphatic rings. The molecule has 13 heavy (non-hydrogen) atoms. The van der Waals surface area contributed by atoms with Crippen molar-refractivity contribution in [3.8, 4) is 0 Å². The normalized spacial score (nSPS) is 42.7. The monoisotopic (exact) mass is 182 g/mol. The Hall–Kier alpha value is -0.530. The molecule has 2 atom stereocenters. The zero-order chi connectivity index (χ0) is 9.69. The van der Waals surface area contributed by atoms with Gasteiger partial charge in [0, 0.05) is 5.92 Å². The number of carbonyl (C=O) groups excluding carboxylic acids is 1. The van der Waals surface area contributed by atoms with Crippen molar-refractivity contribution in [2.75, 3.05) is 0 Å². The van der Waals surface area contributed by atoms with Crippen LogP contribution in [0.1, 0.15) is 46.5 Å². The Morgan fingerprint density at radius 2 is 2.08 bits per heavy atom. The number of hydrogen-bond acceptors (Lipinski definition) is 2. The second kappa shape index (κ2) is 2.49. The van der Waals surface area contributed by atoms with Crippen LogP contribution in [0.2, 0.25) is 0 Å². The van der Waals surface area contributed by atoms with Crippen molar-refractivity contribution in [1.82, 2.24) is 0 Å². The van der Waals surface area contributed by atoms with E-state index in [1.165, 1.54) is 6.42 Å². The molecule has 2 rings (SSSR count). The van der Waals surface area contributed by atoms with Crippen molar-refractivity contribution in [1.29, 1.82) is 0 Å². The summed E-state index contributed by atoms with van der Waals surface area (Å²) < 4.78 is 5.45. The van der Waals surface area contributed by atoms with Crippen molar-refractivity contribution in [2.24, 2.45) is 11.3 Å². The second-order valence-corrected chi connectivity index (χ2v) is 5.57. The largest absolute Gasteiger partial charge is 0.459 e. The molecule has 0 amide bonds. The molecule has 0 N–H and O–H groups in total. The van der Waals surface area contributed by atoms with Gasteiger partial charge in [-0.2, -0.15) is 0 Å². The molecule has 0 aromatic rings. The average molecular weight is 182 g/mol. The third-order valence-electron chi connectivity index (χ3n) is 3.62. The molecule has 2 heteroatoms. The molecule has 0 aromatic carbocycles. The Bertz CT molecular complexity index is 244. The van der Waals surface area contributed by atoms with Crippen LogP contribution < -0.4 is 0 Å². The first-order valence-electron chi connectivity index (χ1n) is 5.13. The lowest BCUT2D eigenvalue weighted by Crippen LogP contribution is -2.41. The first-order valence-corrected chi connectivity index (χ1v) is 5.13. The van der Waals surface area contributed by atoms with Gasteiger partial charge in [0.15, 0.2) is 0 Å². The van der Waals surface area contributed by atoms with E-state index in [1.807, 2.05) is 0 Å². The van der Waals surface area contributed by atoms with Crippen LogP contribution in [0.3, 0.4) is 0 Å². The van der Waals surface area contributed by atoms with E-state index in [1.54, 1.807) is 0 Å². The van der Waals surface area contributed by atoms with Crippen LogP contribution in [0.25, 0.3) is 0 Å². The van der Waals surface area contributed by atoms with E-state index < -0.39 is 0 Å². The first kappa shape index (κ1) is 9.04. The SMILES string of the molecule is CC1(C)CC[C@@H]2CC(=O)O[C@]2(C)C1. The molecule has 0 radical (unpaired) electrons. The second-order valence-electron chi connectivity index (χ2n) is 5.57. The van der Waals surface area contributed by atoms with E-state index in [4.69, 9.17) is 4.74 Å². The molecular formula is C11H18O2. The third-order valence-corrected chi connectivity index (χ3v) is 3.62. The maximum absolute atomic E-state index is 11.2. The summed E-state index contributed by atoms with van der Waals surface area (Å²) in [5.74, 6) is 0.484. The van der Waals surface area contributed by atoms with Gasteiger partial charge in [-0.25, -0.2) is 0 Å². The molecule has 0 aromatic heterocycles. The summed E-state index contributed by atoms with van der Waals surface area (Å²) in [6.45, 7) is 6.63. The Labute approximate surface area is 79.7 Å². The molecule has 2 nitrogen and oxygen atoms in total. The number of fused-ring (bicyclic) bond motifs is 1. The fourth-order valence-electron chi connectivity index (χ4n) is 2.99. The molecule has 1 saturated heterocycles. The summed E-state index contributed by atoms with van der Waals surface area (Å²) >= 11 is 0. The van der Waals surface area contributed by atoms with Crippen LogP contribution >= 0.6 is 0 Å². The summed E-state index contributed by atoms with van der Waals surface area (Å²) in [6, 6.07) is 0. The maximum Gasteiger partial charge on any atom is 0.306 e. The van der Waals surface area contributed by atoms with Gasteiger partial charge in [0.25, 0.3) is 0 Å². The molecule has 1 saturated carbocycles. The Morgan fingerprint density at radius 1 is 1.38 bits per heavy atom. The van der Waals surface area contributed by atoms with E-state index in [2.05, 4.69) is 20.8 Å². The van der Waals surface area contributed by atoms with Crippen LogP contribution in [0.15, 0.2) is 0 Å². The summed E-state index contributed by atoms with van der Waals surface area (Å²) in [5, 5.41) is 0. The van der Waals surface area contributed by atoms with Crippen molar-refractivity contribution in [3.63, 3.8) is 0 Å². The van der Waals surface area contributed by atoms with E-state index in [9.17, 15) is 4.79 Å². The quantitative estimate of drug-likeness (QED) is 0.538. The number of rotatable bonds is 0. The number of ether oxygens (including phenoxy) is 1. The minimum absolute atomic E-state index is 0.00481. The van der Waals surface area contributed by atoms with Crippen molar-refractivity contribution in [2.45, 2.75) is 52.1 Å². The van der Waals surface area contributed by atoms with Gasteiger partial charge in [-0.1, -0.05) is 13.8 Å². The van der Waals surface area contributed by atoms with Gasteiger partial charge in [-0.05, 0) is 31.6 Å². The highest BCUT2D eigenvalue weighted by molar-refractivity contribution is 5.73. The van der Waals surface area contributed by atoms with Gasteiger partial charge in [0.05, 0.1) is 6.42 Å². The van der Waals surface area contributed by atoms with Gasteiger partial charge in [-0.3, -0.25) is 4.79 Å². The van der Waals surface area contributed by atoms with Crippen LogP contribution in [-0.2, 0) is 9.53 Å². The molecule has 0 spiro atoms. The molecular weight excluding hydrogens is 164 g/mol. The third kappa shape index (κ3) is 1.47. The van der Waals surface area contributed by atoms with Crippen LogP contribution in [0.4, 0.5) is 0 Å². The van der Waals surface area contributed by atoms with Gasteiger partial charge in [0.1, 0.15) is 5.60 Å². The molecule has 1 heterocycles. The molecule has 1 aliphatic heterocycles. The van der Waals surface area contributed by atoms with E-state index in [0.29, 0.717) is 17.8 Å². The molecule has 2 fully saturated rings. The molecule has 1 aliphatic carbocycles. The van der Waals surface area contributed by atoms with E-state index in [0.717, 1.165) is 12.8 Å². The Morgan fingerprint density at radius 3 is 2.77 bits per heavy atom. The van der Waals surface area contributed by atoms with Crippen molar-refractivity contribution in [3.05, 3.63) is 0 Å². The summed E-state index contributed by atoms with van der Waals surface area (Å²) in [7, 11) is 0. The highest BCUT2D eigenvalue weighted by atomic mass is 16.6. The smallest absolute Gasteiger partial charge is 0.306 e. The van der Waals surface area contributed by atoms with Gasteiger partial charge < -0.3 is 4.74 Å². The minimum Gasteiger partial charge on any atom is -0.459 e. The lowest BCUT2D eigenvalue weighted by molar-refractivity contribution is -0.152. The predicted octanol–water partition coefficient (Wildman–Crippen LogP) is 2.52. The summed E-state index contributed by atoms with van der Waals surface area (Å²) in [4.78, 5) is 11.2.